The van der Waals surface area contributed by atoms with E-state index in [4.69, 9.17) is 4.74 Å². The summed E-state index contributed by atoms with van der Waals surface area (Å²) in [4.78, 5) is 2.86. The zero-order valence-electron chi connectivity index (χ0n) is 11.6. The van der Waals surface area contributed by atoms with E-state index in [1.54, 1.807) is 0 Å². The zero-order chi connectivity index (χ0) is 13.1. The quantitative estimate of drug-likeness (QED) is 0.921. The maximum absolute atomic E-state index is 6.14. The fourth-order valence-corrected chi connectivity index (χ4v) is 5.20. The van der Waals surface area contributed by atoms with Crippen LogP contribution < -0.4 is 5.32 Å². The van der Waals surface area contributed by atoms with E-state index in [2.05, 4.69) is 36.1 Å². The van der Waals surface area contributed by atoms with Crippen LogP contribution in [0.1, 0.15) is 35.4 Å². The van der Waals surface area contributed by atoms with E-state index in [1.807, 2.05) is 11.3 Å². The lowest BCUT2D eigenvalue weighted by Crippen LogP contribution is -2.48. The molecule has 2 fully saturated rings. The first-order valence-electron chi connectivity index (χ1n) is 7.26. The second-order valence-electron chi connectivity index (χ2n) is 5.73. The topological polar surface area (TPSA) is 21.3 Å². The maximum Gasteiger partial charge on any atom is 0.0713 e. The van der Waals surface area contributed by atoms with Crippen LogP contribution in [-0.2, 0) is 11.3 Å². The molecule has 2 aliphatic rings. The van der Waals surface area contributed by atoms with Gasteiger partial charge < -0.3 is 10.1 Å². The van der Waals surface area contributed by atoms with Gasteiger partial charge in [-0.1, -0.05) is 0 Å². The zero-order valence-corrected chi connectivity index (χ0v) is 13.2. The number of rotatable bonds is 3. The van der Waals surface area contributed by atoms with Gasteiger partial charge in [-0.05, 0) is 56.2 Å². The van der Waals surface area contributed by atoms with Gasteiger partial charge in [-0.15, -0.1) is 11.3 Å². The van der Waals surface area contributed by atoms with E-state index in [9.17, 15) is 0 Å². The van der Waals surface area contributed by atoms with Crippen LogP contribution >= 0.6 is 23.1 Å². The van der Waals surface area contributed by atoms with Crippen molar-refractivity contribution in [2.24, 2.45) is 0 Å². The summed E-state index contributed by atoms with van der Waals surface area (Å²) in [6.45, 7) is 4.14. The van der Waals surface area contributed by atoms with Gasteiger partial charge in [0.15, 0.2) is 0 Å². The maximum atomic E-state index is 6.14. The monoisotopic (exact) mass is 297 g/mol. The molecule has 2 saturated heterocycles. The molecule has 3 rings (SSSR count). The van der Waals surface area contributed by atoms with Crippen LogP contribution in [0.4, 0.5) is 0 Å². The second-order valence-corrected chi connectivity index (χ2v) is 8.32. The number of nitrogens with one attached hydrogen (secondary N) is 1. The third kappa shape index (κ3) is 3.54. The molecule has 1 N–H and O–H groups in total. The summed E-state index contributed by atoms with van der Waals surface area (Å²) in [5.41, 5.74) is 0.201. The van der Waals surface area contributed by atoms with Gasteiger partial charge in [-0.2, -0.15) is 11.8 Å². The molecule has 1 unspecified atom stereocenters. The number of ether oxygens (including phenoxy) is 1. The van der Waals surface area contributed by atoms with E-state index in [1.165, 1.54) is 46.9 Å². The molecule has 2 nitrogen and oxygen atoms in total. The number of thioether (sulfide) groups is 1. The normalized spacial score (nSPS) is 26.7. The Morgan fingerprint density at radius 3 is 2.95 bits per heavy atom. The van der Waals surface area contributed by atoms with Crippen LogP contribution in [-0.4, -0.2) is 29.8 Å². The van der Waals surface area contributed by atoms with Crippen molar-refractivity contribution in [2.75, 3.05) is 18.1 Å². The summed E-state index contributed by atoms with van der Waals surface area (Å²) in [5.74, 6) is 2.55. The molecule has 1 atom stereocenters. The highest BCUT2D eigenvalue weighted by molar-refractivity contribution is 7.99. The molecule has 3 heterocycles. The standard InChI is InChI=1S/C15H23NOS2/c1-12-2-3-14(19-12)11-16-13-4-7-17-15(10-13)5-8-18-9-6-15/h2-3,13,16H,4-11H2,1H3. The molecular weight excluding hydrogens is 274 g/mol. The fourth-order valence-electron chi connectivity index (χ4n) is 3.12. The summed E-state index contributed by atoms with van der Waals surface area (Å²) in [7, 11) is 0. The highest BCUT2D eigenvalue weighted by atomic mass is 32.2. The number of thiophene rings is 1. The third-order valence-electron chi connectivity index (χ3n) is 4.26. The predicted octanol–water partition coefficient (Wildman–Crippen LogP) is 3.59. The molecule has 19 heavy (non-hydrogen) atoms. The molecule has 0 radical (unpaired) electrons. The summed E-state index contributed by atoms with van der Waals surface area (Å²) < 4.78 is 6.14. The molecule has 1 spiro atoms. The average Bonchev–Trinajstić information content (AvgIpc) is 2.83. The van der Waals surface area contributed by atoms with Crippen molar-refractivity contribution in [3.8, 4) is 0 Å². The van der Waals surface area contributed by atoms with Crippen LogP contribution in [0.15, 0.2) is 12.1 Å². The smallest absolute Gasteiger partial charge is 0.0713 e. The molecule has 0 aliphatic carbocycles. The van der Waals surface area contributed by atoms with Gasteiger partial charge in [-0.25, -0.2) is 0 Å². The predicted molar refractivity (Wildman–Crippen MR) is 84.2 cm³/mol. The molecule has 2 aliphatic heterocycles. The second kappa shape index (κ2) is 6.17. The highest BCUT2D eigenvalue weighted by Gasteiger charge is 2.38. The molecular formula is C15H23NOS2. The summed E-state index contributed by atoms with van der Waals surface area (Å²) in [5, 5.41) is 3.75. The summed E-state index contributed by atoms with van der Waals surface area (Å²) in [6, 6.07) is 5.10. The van der Waals surface area contributed by atoms with Gasteiger partial charge in [0.25, 0.3) is 0 Å². The Morgan fingerprint density at radius 2 is 2.21 bits per heavy atom. The van der Waals surface area contributed by atoms with Crippen molar-refractivity contribution >= 4 is 23.1 Å². The molecule has 0 aromatic carbocycles. The Morgan fingerprint density at radius 1 is 1.37 bits per heavy atom. The van der Waals surface area contributed by atoms with Gasteiger partial charge in [0, 0.05) is 28.9 Å². The SMILES string of the molecule is Cc1ccc(CNC2CCOC3(CCSCC3)C2)s1. The van der Waals surface area contributed by atoms with Crippen molar-refractivity contribution < 1.29 is 4.74 Å². The minimum Gasteiger partial charge on any atom is -0.375 e. The number of hydrogen-bond acceptors (Lipinski definition) is 4. The van der Waals surface area contributed by atoms with Crippen LogP contribution in [0.2, 0.25) is 0 Å². The lowest BCUT2D eigenvalue weighted by atomic mass is 9.85. The van der Waals surface area contributed by atoms with Crippen molar-refractivity contribution in [3.05, 3.63) is 21.9 Å². The first kappa shape index (κ1) is 13.9. The first-order valence-corrected chi connectivity index (χ1v) is 9.23. The van der Waals surface area contributed by atoms with Crippen molar-refractivity contribution in [1.82, 2.24) is 5.32 Å². The molecule has 1 aromatic heterocycles. The number of hydrogen-bond donors (Lipinski definition) is 1. The van der Waals surface area contributed by atoms with Gasteiger partial charge in [0.2, 0.25) is 0 Å². The Labute approximate surface area is 124 Å². The largest absolute Gasteiger partial charge is 0.375 e. The summed E-state index contributed by atoms with van der Waals surface area (Å²) in [6.07, 6.45) is 4.86. The lowest BCUT2D eigenvalue weighted by Gasteiger charge is -2.43. The molecule has 1 aromatic rings. The first-order chi connectivity index (χ1) is 9.26. The molecule has 106 valence electrons. The van der Waals surface area contributed by atoms with Gasteiger partial charge in [0.05, 0.1) is 5.60 Å². The van der Waals surface area contributed by atoms with Crippen molar-refractivity contribution in [1.29, 1.82) is 0 Å². The van der Waals surface area contributed by atoms with Crippen LogP contribution in [0, 0.1) is 6.92 Å². The van der Waals surface area contributed by atoms with Crippen LogP contribution in [0.25, 0.3) is 0 Å². The van der Waals surface area contributed by atoms with Gasteiger partial charge in [0.1, 0.15) is 0 Å². The number of aryl methyl sites for hydroxylation is 1. The van der Waals surface area contributed by atoms with Gasteiger partial charge >= 0.3 is 0 Å². The van der Waals surface area contributed by atoms with Crippen LogP contribution in [0.3, 0.4) is 0 Å². The van der Waals surface area contributed by atoms with E-state index in [-0.39, 0.29) is 5.60 Å². The van der Waals surface area contributed by atoms with E-state index in [0.717, 1.165) is 13.2 Å². The van der Waals surface area contributed by atoms with Crippen LogP contribution in [0.5, 0.6) is 0 Å². The minimum absolute atomic E-state index is 0.201. The van der Waals surface area contributed by atoms with Crippen molar-refractivity contribution in [3.63, 3.8) is 0 Å². The average molecular weight is 297 g/mol. The van der Waals surface area contributed by atoms with Crippen molar-refractivity contribution in [2.45, 2.75) is 50.8 Å². The minimum atomic E-state index is 0.201. The highest BCUT2D eigenvalue weighted by Crippen LogP contribution is 2.37. The molecule has 0 bridgehead atoms. The Hall–Kier alpha value is -0.0300. The van der Waals surface area contributed by atoms with E-state index < -0.39 is 0 Å². The van der Waals surface area contributed by atoms with Gasteiger partial charge in [-0.3, -0.25) is 0 Å². The van der Waals surface area contributed by atoms with E-state index in [0.29, 0.717) is 6.04 Å². The van der Waals surface area contributed by atoms with E-state index >= 15 is 0 Å². The Kier molecular flexibility index (Phi) is 4.52. The molecule has 4 heteroatoms. The lowest BCUT2D eigenvalue weighted by molar-refractivity contribution is -0.0933. The Balaban J connectivity index is 1.53. The third-order valence-corrected chi connectivity index (χ3v) is 6.24. The molecule has 0 amide bonds. The Bertz CT molecular complexity index is 407. The summed E-state index contributed by atoms with van der Waals surface area (Å²) >= 11 is 3.98. The fraction of sp³-hybridized carbons (Fsp3) is 0.733. The molecule has 0 saturated carbocycles.